The summed E-state index contributed by atoms with van der Waals surface area (Å²) < 4.78 is 20.7. The highest BCUT2D eigenvalue weighted by Crippen LogP contribution is 2.52. The summed E-state index contributed by atoms with van der Waals surface area (Å²) in [5.41, 5.74) is 0.269. The molecule has 1 aromatic rings. The number of amides is 2. The maximum absolute atomic E-state index is 14.6. The Labute approximate surface area is 169 Å². The summed E-state index contributed by atoms with van der Waals surface area (Å²) in [5, 5.41) is 2.82. The van der Waals surface area contributed by atoms with Crippen molar-refractivity contribution >= 4 is 23.2 Å². The maximum Gasteiger partial charge on any atom is 0.231 e. The number of carbonyl (C=O) groups is 2. The molecule has 0 aromatic heterocycles. The van der Waals surface area contributed by atoms with Crippen LogP contribution in [0.4, 0.5) is 15.8 Å². The van der Waals surface area contributed by atoms with Crippen molar-refractivity contribution < 1.29 is 18.7 Å². The summed E-state index contributed by atoms with van der Waals surface area (Å²) in [7, 11) is 0. The molecular formula is C22H26FN3O3. The van der Waals surface area contributed by atoms with E-state index in [1.807, 2.05) is 30.9 Å². The number of hydrogen-bond donors (Lipinski definition) is 1. The van der Waals surface area contributed by atoms with Gasteiger partial charge in [0.05, 0.1) is 30.2 Å². The topological polar surface area (TPSA) is 61.9 Å². The van der Waals surface area contributed by atoms with Gasteiger partial charge in [0.25, 0.3) is 0 Å². The summed E-state index contributed by atoms with van der Waals surface area (Å²) in [6.07, 6.45) is 5.55. The molecule has 3 saturated heterocycles. The number of halogens is 1. The van der Waals surface area contributed by atoms with Gasteiger partial charge < -0.3 is 19.9 Å². The number of ether oxygens (including phenoxy) is 1. The fourth-order valence-corrected chi connectivity index (χ4v) is 5.29. The number of anilines is 2. The van der Waals surface area contributed by atoms with Gasteiger partial charge in [0.2, 0.25) is 11.8 Å². The Morgan fingerprint density at radius 1 is 1.31 bits per heavy atom. The van der Waals surface area contributed by atoms with Crippen LogP contribution in [0.15, 0.2) is 30.4 Å². The molecule has 5 rings (SSSR count). The molecule has 0 radical (unpaired) electrons. The first-order valence-corrected chi connectivity index (χ1v) is 10.4. The minimum absolute atomic E-state index is 0.0393. The van der Waals surface area contributed by atoms with Gasteiger partial charge in [0.15, 0.2) is 0 Å². The van der Waals surface area contributed by atoms with E-state index < -0.39 is 23.5 Å². The van der Waals surface area contributed by atoms with E-state index in [1.54, 1.807) is 17.0 Å². The molecule has 154 valence electrons. The fourth-order valence-electron chi connectivity index (χ4n) is 5.29. The molecule has 4 unspecified atom stereocenters. The first-order valence-electron chi connectivity index (χ1n) is 10.4. The molecule has 0 aliphatic carbocycles. The van der Waals surface area contributed by atoms with Gasteiger partial charge in [-0.3, -0.25) is 9.59 Å². The molecule has 6 nitrogen and oxygen atoms in total. The van der Waals surface area contributed by atoms with Crippen molar-refractivity contribution in [2.45, 2.75) is 44.4 Å². The predicted octanol–water partition coefficient (Wildman–Crippen LogP) is 2.55. The average Bonchev–Trinajstić information content (AvgIpc) is 3.43. The summed E-state index contributed by atoms with van der Waals surface area (Å²) in [6.45, 7) is 6.11. The van der Waals surface area contributed by atoms with Gasteiger partial charge in [-0.25, -0.2) is 4.39 Å². The predicted molar refractivity (Wildman–Crippen MR) is 107 cm³/mol. The molecule has 4 heterocycles. The summed E-state index contributed by atoms with van der Waals surface area (Å²) in [5.74, 6) is -1.79. The van der Waals surface area contributed by atoms with E-state index in [1.165, 1.54) is 6.07 Å². The van der Waals surface area contributed by atoms with E-state index in [2.05, 4.69) is 5.32 Å². The van der Waals surface area contributed by atoms with Crippen LogP contribution in [0.5, 0.6) is 0 Å². The molecule has 4 aliphatic heterocycles. The molecule has 1 aromatic carbocycles. The Morgan fingerprint density at radius 2 is 2.07 bits per heavy atom. The number of nitrogens with zero attached hydrogens (tertiary/aromatic N) is 2. The Balaban J connectivity index is 1.36. The lowest BCUT2D eigenvalue weighted by Gasteiger charge is -2.25. The highest BCUT2D eigenvalue weighted by molar-refractivity contribution is 5.99. The molecule has 3 fully saturated rings. The van der Waals surface area contributed by atoms with Crippen LogP contribution in [0.25, 0.3) is 0 Å². The normalized spacial score (nSPS) is 32.6. The number of nitrogens with one attached hydrogen (secondary N) is 1. The first-order chi connectivity index (χ1) is 13.9. The maximum atomic E-state index is 14.6. The monoisotopic (exact) mass is 399 g/mol. The highest BCUT2D eigenvalue weighted by Gasteiger charge is 2.67. The third kappa shape index (κ3) is 2.78. The number of rotatable bonds is 4. The molecule has 0 saturated carbocycles. The van der Waals surface area contributed by atoms with Crippen LogP contribution in [0, 0.1) is 17.7 Å². The zero-order valence-electron chi connectivity index (χ0n) is 16.7. The number of hydrogen-bond acceptors (Lipinski definition) is 4. The summed E-state index contributed by atoms with van der Waals surface area (Å²) in [4.78, 5) is 29.9. The molecular weight excluding hydrogens is 373 g/mol. The Morgan fingerprint density at radius 3 is 2.76 bits per heavy atom. The van der Waals surface area contributed by atoms with Crippen LogP contribution in [-0.4, -0.2) is 54.1 Å². The first kappa shape index (κ1) is 18.6. The lowest BCUT2D eigenvalue weighted by atomic mass is 9.77. The molecule has 2 bridgehead atoms. The van der Waals surface area contributed by atoms with Gasteiger partial charge in [0.1, 0.15) is 11.4 Å². The standard InChI is InChI=1S/C22H26FN3O3/c1-13(2)26-12-22-8-7-17(29-22)18(19(22)21(26)28)20(27)24-14-5-6-16(15(23)11-14)25-9-3-4-10-25/h5-8,11,13,17-19H,3-4,9-10,12H2,1-2H3,(H,24,27). The van der Waals surface area contributed by atoms with Gasteiger partial charge in [0, 0.05) is 24.8 Å². The SMILES string of the molecule is CC(C)N1CC23C=CC(O2)C(C(=O)Nc2ccc(N4CCCC4)c(F)c2)C3C1=O. The molecule has 7 heteroatoms. The molecule has 29 heavy (non-hydrogen) atoms. The molecule has 4 aliphatic rings. The van der Waals surface area contributed by atoms with Crippen molar-refractivity contribution in [3.8, 4) is 0 Å². The van der Waals surface area contributed by atoms with Crippen LogP contribution >= 0.6 is 0 Å². The van der Waals surface area contributed by atoms with Crippen LogP contribution in [-0.2, 0) is 14.3 Å². The second kappa shape index (κ2) is 6.55. The van der Waals surface area contributed by atoms with Crippen LogP contribution in [0.1, 0.15) is 26.7 Å². The largest absolute Gasteiger partial charge is 0.369 e. The van der Waals surface area contributed by atoms with E-state index in [0.717, 1.165) is 25.9 Å². The van der Waals surface area contributed by atoms with E-state index in [4.69, 9.17) is 4.74 Å². The van der Waals surface area contributed by atoms with Gasteiger partial charge in [-0.1, -0.05) is 12.2 Å². The summed E-state index contributed by atoms with van der Waals surface area (Å²) in [6, 6.07) is 4.86. The minimum Gasteiger partial charge on any atom is -0.369 e. The second-order valence-electron chi connectivity index (χ2n) is 8.81. The fraction of sp³-hybridized carbons (Fsp3) is 0.545. The average molecular weight is 399 g/mol. The lowest BCUT2D eigenvalue weighted by Crippen LogP contribution is -2.42. The number of fused-ring (bicyclic) bond motifs is 1. The lowest BCUT2D eigenvalue weighted by molar-refractivity contribution is -0.136. The molecule has 2 amide bonds. The van der Waals surface area contributed by atoms with Crippen LogP contribution in [0.3, 0.4) is 0 Å². The van der Waals surface area contributed by atoms with Crippen molar-refractivity contribution in [1.82, 2.24) is 4.90 Å². The Kier molecular flexibility index (Phi) is 4.21. The van der Waals surface area contributed by atoms with E-state index >= 15 is 0 Å². The van der Waals surface area contributed by atoms with Gasteiger partial charge in [-0.15, -0.1) is 0 Å². The quantitative estimate of drug-likeness (QED) is 0.791. The number of benzene rings is 1. The Bertz CT molecular complexity index is 895. The third-order valence-electron chi connectivity index (χ3n) is 6.72. The smallest absolute Gasteiger partial charge is 0.231 e. The van der Waals surface area contributed by atoms with Crippen molar-refractivity contribution in [2.24, 2.45) is 11.8 Å². The van der Waals surface area contributed by atoms with Crippen molar-refractivity contribution in [3.05, 3.63) is 36.2 Å². The van der Waals surface area contributed by atoms with Gasteiger partial charge in [-0.05, 0) is 44.9 Å². The minimum atomic E-state index is -0.709. The Hall–Kier alpha value is -2.41. The van der Waals surface area contributed by atoms with E-state index in [-0.39, 0.29) is 23.7 Å². The van der Waals surface area contributed by atoms with Crippen molar-refractivity contribution in [1.29, 1.82) is 0 Å². The number of likely N-dealkylation sites (tertiary alicyclic amines) is 1. The van der Waals surface area contributed by atoms with Gasteiger partial charge >= 0.3 is 0 Å². The summed E-state index contributed by atoms with van der Waals surface area (Å²) >= 11 is 0. The van der Waals surface area contributed by atoms with Crippen molar-refractivity contribution in [2.75, 3.05) is 29.9 Å². The number of carbonyl (C=O) groups excluding carboxylic acids is 2. The molecule has 4 atom stereocenters. The van der Waals surface area contributed by atoms with Crippen LogP contribution in [0.2, 0.25) is 0 Å². The zero-order chi connectivity index (χ0) is 20.3. The van der Waals surface area contributed by atoms with E-state index in [9.17, 15) is 14.0 Å². The van der Waals surface area contributed by atoms with Gasteiger partial charge in [-0.2, -0.15) is 0 Å². The third-order valence-corrected chi connectivity index (χ3v) is 6.72. The zero-order valence-corrected chi connectivity index (χ0v) is 16.7. The van der Waals surface area contributed by atoms with E-state index in [0.29, 0.717) is 17.9 Å². The highest BCUT2D eigenvalue weighted by atomic mass is 19.1. The van der Waals surface area contributed by atoms with Crippen molar-refractivity contribution in [3.63, 3.8) is 0 Å². The molecule has 1 N–H and O–H groups in total. The second-order valence-corrected chi connectivity index (χ2v) is 8.81. The molecule has 1 spiro atoms. The van der Waals surface area contributed by atoms with Crippen LogP contribution < -0.4 is 10.2 Å².